The predicted octanol–water partition coefficient (Wildman–Crippen LogP) is 2.41. The summed E-state index contributed by atoms with van der Waals surface area (Å²) in [5.41, 5.74) is 4.27. The topological polar surface area (TPSA) is 92.5 Å². The van der Waals surface area contributed by atoms with Crippen molar-refractivity contribution in [2.75, 3.05) is 18.9 Å². The third-order valence-corrected chi connectivity index (χ3v) is 5.05. The van der Waals surface area contributed by atoms with Crippen molar-refractivity contribution < 1.29 is 13.2 Å². The summed E-state index contributed by atoms with van der Waals surface area (Å²) in [6, 6.07) is 12.2. The number of hydrogen-bond donors (Lipinski definition) is 2. The highest BCUT2D eigenvalue weighted by Crippen LogP contribution is 2.14. The van der Waals surface area contributed by atoms with Crippen molar-refractivity contribution in [3.63, 3.8) is 0 Å². The average Bonchev–Trinajstić information content (AvgIpc) is 2.55. The van der Waals surface area contributed by atoms with E-state index >= 15 is 0 Å². The van der Waals surface area contributed by atoms with Crippen molar-refractivity contribution in [1.29, 1.82) is 0 Å². The van der Waals surface area contributed by atoms with Gasteiger partial charge in [0, 0.05) is 25.2 Å². The number of nitrogens with zero attached hydrogens (tertiary/aromatic N) is 1. The van der Waals surface area contributed by atoms with Gasteiger partial charge in [-0.2, -0.15) is 0 Å². The molecule has 2 aromatic carbocycles. The Hall–Kier alpha value is -2.22. The molecule has 0 bridgehead atoms. The maximum Gasteiger partial charge on any atom is 0.238 e. The number of amides is 1. The summed E-state index contributed by atoms with van der Waals surface area (Å²) in [6.07, 6.45) is 0.346. The number of hydrogen-bond acceptors (Lipinski definition) is 4. The molecule has 0 atom stereocenters. The fourth-order valence-electron chi connectivity index (χ4n) is 2.64. The Morgan fingerprint density at radius 1 is 1.12 bits per heavy atom. The van der Waals surface area contributed by atoms with Crippen LogP contribution in [0.5, 0.6) is 0 Å². The Morgan fingerprint density at radius 3 is 2.35 bits per heavy atom. The first-order valence-corrected chi connectivity index (χ1v) is 9.87. The Labute approximate surface area is 155 Å². The van der Waals surface area contributed by atoms with Crippen LogP contribution in [0, 0.1) is 13.8 Å². The van der Waals surface area contributed by atoms with E-state index < -0.39 is 10.0 Å². The fraction of sp³-hybridized carbons (Fsp3) is 0.316. The van der Waals surface area contributed by atoms with Crippen molar-refractivity contribution >= 4 is 21.6 Å². The van der Waals surface area contributed by atoms with Crippen molar-refractivity contribution in [3.05, 3.63) is 59.2 Å². The quantitative estimate of drug-likeness (QED) is 0.777. The molecule has 0 heterocycles. The second-order valence-electron chi connectivity index (χ2n) is 6.54. The normalized spacial score (nSPS) is 11.6. The lowest BCUT2D eigenvalue weighted by molar-refractivity contribution is -0.116. The summed E-state index contributed by atoms with van der Waals surface area (Å²) in [7, 11) is -1.75. The van der Waals surface area contributed by atoms with Crippen LogP contribution in [0.3, 0.4) is 0 Å². The van der Waals surface area contributed by atoms with Crippen LogP contribution >= 0.6 is 0 Å². The molecule has 0 aliphatic carbocycles. The van der Waals surface area contributed by atoms with Crippen LogP contribution in [0.15, 0.2) is 47.4 Å². The largest absolute Gasteiger partial charge is 0.326 e. The molecule has 0 fully saturated rings. The predicted molar refractivity (Wildman–Crippen MR) is 103 cm³/mol. The Kier molecular flexibility index (Phi) is 6.52. The highest BCUT2D eigenvalue weighted by Gasteiger charge is 2.09. The first kappa shape index (κ1) is 20.1. The van der Waals surface area contributed by atoms with E-state index in [1.807, 2.05) is 7.05 Å². The fourth-order valence-corrected chi connectivity index (χ4v) is 3.15. The van der Waals surface area contributed by atoms with Crippen LogP contribution in [0.25, 0.3) is 0 Å². The summed E-state index contributed by atoms with van der Waals surface area (Å²) < 4.78 is 22.4. The molecular formula is C19H25N3O3S. The minimum absolute atomic E-state index is 0.0173. The van der Waals surface area contributed by atoms with E-state index in [9.17, 15) is 13.2 Å². The first-order valence-electron chi connectivity index (χ1n) is 8.32. The number of nitrogens with one attached hydrogen (secondary N) is 1. The van der Waals surface area contributed by atoms with Crippen molar-refractivity contribution in [3.8, 4) is 0 Å². The zero-order valence-electron chi connectivity index (χ0n) is 15.3. The maximum absolute atomic E-state index is 12.1. The second kappa shape index (κ2) is 8.44. The van der Waals surface area contributed by atoms with Gasteiger partial charge in [0.1, 0.15) is 0 Å². The molecular weight excluding hydrogens is 350 g/mol. The number of carbonyl (C=O) groups is 1. The first-order chi connectivity index (χ1) is 12.1. The second-order valence-corrected chi connectivity index (χ2v) is 8.10. The number of anilines is 1. The monoisotopic (exact) mass is 375 g/mol. The Balaban J connectivity index is 1.84. The third kappa shape index (κ3) is 5.94. The lowest BCUT2D eigenvalue weighted by Crippen LogP contribution is -2.24. The molecule has 0 spiro atoms. The highest BCUT2D eigenvalue weighted by atomic mass is 32.2. The van der Waals surface area contributed by atoms with Gasteiger partial charge in [0.05, 0.1) is 4.90 Å². The van der Waals surface area contributed by atoms with Crippen LogP contribution in [0.2, 0.25) is 0 Å². The molecule has 0 unspecified atom stereocenters. The van der Waals surface area contributed by atoms with Gasteiger partial charge >= 0.3 is 0 Å². The standard InChI is InChI=1S/C19H25N3O3S/c1-14-4-5-16(15(2)12-14)13-22(3)11-10-19(23)21-17-6-8-18(9-7-17)26(20,24)25/h4-9,12H,10-11,13H2,1-3H3,(H,21,23)(H2,20,24,25). The van der Waals surface area contributed by atoms with E-state index in [0.717, 1.165) is 6.54 Å². The molecule has 6 nitrogen and oxygen atoms in total. The number of rotatable bonds is 7. The van der Waals surface area contributed by atoms with Gasteiger partial charge in [0.2, 0.25) is 15.9 Å². The van der Waals surface area contributed by atoms with Crippen molar-refractivity contribution in [2.45, 2.75) is 31.7 Å². The zero-order chi connectivity index (χ0) is 19.3. The highest BCUT2D eigenvalue weighted by molar-refractivity contribution is 7.89. The minimum atomic E-state index is -3.72. The molecule has 0 aliphatic rings. The Morgan fingerprint density at radius 2 is 1.77 bits per heavy atom. The number of benzene rings is 2. The molecule has 0 aromatic heterocycles. The number of primary sulfonamides is 1. The molecule has 0 saturated carbocycles. The summed E-state index contributed by atoms with van der Waals surface area (Å²) in [4.78, 5) is 14.2. The van der Waals surface area contributed by atoms with E-state index in [1.54, 1.807) is 0 Å². The van der Waals surface area contributed by atoms with Gasteiger partial charge in [-0.05, 0) is 56.3 Å². The number of sulfonamides is 1. The molecule has 0 saturated heterocycles. The summed E-state index contributed by atoms with van der Waals surface area (Å²) in [5.74, 6) is -0.124. The van der Waals surface area contributed by atoms with Gasteiger partial charge < -0.3 is 10.2 Å². The minimum Gasteiger partial charge on any atom is -0.326 e. The summed E-state index contributed by atoms with van der Waals surface area (Å²) in [6.45, 7) is 5.56. The molecule has 140 valence electrons. The van der Waals surface area contributed by atoms with Gasteiger partial charge in [-0.3, -0.25) is 4.79 Å². The lowest BCUT2D eigenvalue weighted by atomic mass is 10.1. The molecule has 26 heavy (non-hydrogen) atoms. The number of aryl methyl sites for hydroxylation is 2. The average molecular weight is 375 g/mol. The number of carbonyl (C=O) groups excluding carboxylic acids is 1. The molecule has 1 amide bonds. The number of nitrogens with two attached hydrogens (primary N) is 1. The zero-order valence-corrected chi connectivity index (χ0v) is 16.1. The summed E-state index contributed by atoms with van der Waals surface area (Å²) in [5, 5.41) is 7.81. The van der Waals surface area contributed by atoms with E-state index in [2.05, 4.69) is 42.3 Å². The van der Waals surface area contributed by atoms with Crippen LogP contribution in [-0.4, -0.2) is 32.8 Å². The molecule has 3 N–H and O–H groups in total. The molecule has 2 aromatic rings. The van der Waals surface area contributed by atoms with Gasteiger partial charge in [-0.1, -0.05) is 23.8 Å². The molecule has 2 rings (SSSR count). The Bertz CT molecular complexity index is 877. The van der Waals surface area contributed by atoms with E-state index in [4.69, 9.17) is 5.14 Å². The van der Waals surface area contributed by atoms with Crippen LogP contribution in [-0.2, 0) is 21.4 Å². The van der Waals surface area contributed by atoms with E-state index in [0.29, 0.717) is 18.7 Å². The van der Waals surface area contributed by atoms with Gasteiger partial charge in [0.15, 0.2) is 0 Å². The van der Waals surface area contributed by atoms with E-state index in [-0.39, 0.29) is 10.8 Å². The van der Waals surface area contributed by atoms with Crippen LogP contribution in [0.4, 0.5) is 5.69 Å². The molecule has 0 radical (unpaired) electrons. The van der Waals surface area contributed by atoms with Gasteiger partial charge in [-0.25, -0.2) is 13.6 Å². The summed E-state index contributed by atoms with van der Waals surface area (Å²) >= 11 is 0. The van der Waals surface area contributed by atoms with Crippen molar-refractivity contribution in [2.24, 2.45) is 5.14 Å². The molecule has 0 aliphatic heterocycles. The maximum atomic E-state index is 12.1. The van der Waals surface area contributed by atoms with Crippen molar-refractivity contribution in [1.82, 2.24) is 4.90 Å². The van der Waals surface area contributed by atoms with Gasteiger partial charge in [-0.15, -0.1) is 0 Å². The molecule has 7 heteroatoms. The van der Waals surface area contributed by atoms with Gasteiger partial charge in [0.25, 0.3) is 0 Å². The SMILES string of the molecule is Cc1ccc(CN(C)CCC(=O)Nc2ccc(S(N)(=O)=O)cc2)c(C)c1. The van der Waals surface area contributed by atoms with Crippen LogP contribution < -0.4 is 10.5 Å². The smallest absolute Gasteiger partial charge is 0.238 e. The lowest BCUT2D eigenvalue weighted by Gasteiger charge is -2.18. The third-order valence-electron chi connectivity index (χ3n) is 4.13. The van der Waals surface area contributed by atoms with Crippen LogP contribution in [0.1, 0.15) is 23.1 Å². The van der Waals surface area contributed by atoms with E-state index in [1.165, 1.54) is 41.0 Å².